The highest BCUT2D eigenvalue weighted by atomic mass is 19.4. The minimum absolute atomic E-state index is 0.414. The Hall–Kier alpha value is -1.66. The Kier molecular flexibility index (Phi) is 3.69. The first-order valence-electron chi connectivity index (χ1n) is 4.44. The van der Waals surface area contributed by atoms with Gasteiger partial charge < -0.3 is 5.11 Å². The lowest BCUT2D eigenvalue weighted by Crippen LogP contribution is -2.23. The summed E-state index contributed by atoms with van der Waals surface area (Å²) in [5, 5.41) is 8.36. The molecule has 7 heteroatoms. The Balaban J connectivity index is 3.17. The van der Waals surface area contributed by atoms with Gasteiger partial charge in [-0.05, 0) is 17.7 Å². The van der Waals surface area contributed by atoms with Gasteiger partial charge in [-0.15, -0.1) is 0 Å². The maximum absolute atomic E-state index is 12.8. The van der Waals surface area contributed by atoms with Crippen molar-refractivity contribution in [2.24, 2.45) is 0 Å². The molecule has 0 bridgehead atoms. The third-order valence-corrected chi connectivity index (χ3v) is 2.06. The third-order valence-electron chi connectivity index (χ3n) is 2.06. The van der Waals surface area contributed by atoms with Crippen LogP contribution in [0.4, 0.5) is 22.0 Å². The molecule has 0 aliphatic carbocycles. The van der Waals surface area contributed by atoms with Gasteiger partial charge in [-0.3, -0.25) is 4.79 Å². The van der Waals surface area contributed by atoms with Gasteiger partial charge in [-0.25, -0.2) is 8.78 Å². The summed E-state index contributed by atoms with van der Waals surface area (Å²) in [5.74, 6) is -6.48. The summed E-state index contributed by atoms with van der Waals surface area (Å²) in [7, 11) is 0. The molecule has 1 aromatic rings. The molecule has 1 rings (SSSR count). The van der Waals surface area contributed by atoms with Crippen molar-refractivity contribution in [2.45, 2.75) is 18.5 Å². The summed E-state index contributed by atoms with van der Waals surface area (Å²) in [4.78, 5) is 10.3. The number of alkyl halides is 3. The predicted octanol–water partition coefficient (Wildman–Crippen LogP) is 3.09. The van der Waals surface area contributed by atoms with Gasteiger partial charge >= 0.3 is 12.1 Å². The molecule has 0 heterocycles. The van der Waals surface area contributed by atoms with Crippen molar-refractivity contribution in [1.29, 1.82) is 0 Å². The zero-order valence-electron chi connectivity index (χ0n) is 8.26. The minimum Gasteiger partial charge on any atom is -0.481 e. The second kappa shape index (κ2) is 4.68. The number of rotatable bonds is 3. The second-order valence-corrected chi connectivity index (χ2v) is 3.39. The molecule has 0 radical (unpaired) electrons. The molecule has 0 fully saturated rings. The Morgan fingerprint density at radius 2 is 1.65 bits per heavy atom. The summed E-state index contributed by atoms with van der Waals surface area (Å²) in [6, 6.07) is 1.37. The standard InChI is InChI=1S/C10H7F5O2/c11-6-1-5(2-7(12)3-6)8(4-9(16)17)10(13,14)15/h1-3,8H,4H2,(H,16,17)/t8-/m1/s1. The quantitative estimate of drug-likeness (QED) is 0.841. The van der Waals surface area contributed by atoms with Crippen LogP contribution in [0, 0.1) is 11.6 Å². The molecule has 0 aliphatic heterocycles. The van der Waals surface area contributed by atoms with Crippen molar-refractivity contribution in [1.82, 2.24) is 0 Å². The van der Waals surface area contributed by atoms with Crippen molar-refractivity contribution >= 4 is 5.97 Å². The smallest absolute Gasteiger partial charge is 0.396 e. The molecule has 1 aromatic carbocycles. The summed E-state index contributed by atoms with van der Waals surface area (Å²) < 4.78 is 63.1. The van der Waals surface area contributed by atoms with Crippen LogP contribution in [-0.4, -0.2) is 17.3 Å². The Morgan fingerprint density at radius 1 is 1.18 bits per heavy atom. The van der Waals surface area contributed by atoms with Crippen molar-refractivity contribution in [2.75, 3.05) is 0 Å². The van der Waals surface area contributed by atoms with Gasteiger partial charge in [-0.2, -0.15) is 13.2 Å². The fourth-order valence-corrected chi connectivity index (χ4v) is 1.37. The first-order chi connectivity index (χ1) is 7.70. The van der Waals surface area contributed by atoms with E-state index in [1.807, 2.05) is 0 Å². The van der Waals surface area contributed by atoms with Gasteiger partial charge in [0, 0.05) is 6.07 Å². The number of benzene rings is 1. The van der Waals surface area contributed by atoms with E-state index in [1.54, 1.807) is 0 Å². The Labute approximate surface area is 92.7 Å². The van der Waals surface area contributed by atoms with Crippen molar-refractivity contribution < 1.29 is 31.9 Å². The van der Waals surface area contributed by atoms with E-state index in [4.69, 9.17) is 5.11 Å². The third kappa shape index (κ3) is 3.69. The molecule has 0 amide bonds. The molecule has 0 saturated heterocycles. The highest BCUT2D eigenvalue weighted by Crippen LogP contribution is 2.37. The van der Waals surface area contributed by atoms with Crippen LogP contribution in [0.5, 0.6) is 0 Å². The van der Waals surface area contributed by atoms with E-state index in [9.17, 15) is 26.7 Å². The lowest BCUT2D eigenvalue weighted by molar-refractivity contribution is -0.163. The molecular weight excluding hydrogens is 247 g/mol. The summed E-state index contributed by atoms with van der Waals surface area (Å²) in [5.41, 5.74) is -0.739. The molecule has 0 aliphatic rings. The van der Waals surface area contributed by atoms with Crippen LogP contribution in [0.3, 0.4) is 0 Å². The average molecular weight is 254 g/mol. The number of carbonyl (C=O) groups is 1. The van der Waals surface area contributed by atoms with Crippen LogP contribution in [0.15, 0.2) is 18.2 Å². The number of carboxylic acid groups (broad SMARTS) is 1. The predicted molar refractivity (Wildman–Crippen MR) is 47.4 cm³/mol. The van der Waals surface area contributed by atoms with Gasteiger partial charge in [0.2, 0.25) is 0 Å². The van der Waals surface area contributed by atoms with E-state index in [0.717, 1.165) is 0 Å². The maximum atomic E-state index is 12.8. The molecule has 94 valence electrons. The van der Waals surface area contributed by atoms with Crippen molar-refractivity contribution in [3.8, 4) is 0 Å². The van der Waals surface area contributed by atoms with Gasteiger partial charge in [0.25, 0.3) is 0 Å². The van der Waals surface area contributed by atoms with Gasteiger partial charge in [-0.1, -0.05) is 0 Å². The van der Waals surface area contributed by atoms with Gasteiger partial charge in [0.05, 0.1) is 12.3 Å². The maximum Gasteiger partial charge on any atom is 0.396 e. The minimum atomic E-state index is -4.88. The molecule has 0 spiro atoms. The largest absolute Gasteiger partial charge is 0.481 e. The van der Waals surface area contributed by atoms with Crippen molar-refractivity contribution in [3.63, 3.8) is 0 Å². The Bertz CT molecular complexity index is 407. The summed E-state index contributed by atoms with van der Waals surface area (Å²) >= 11 is 0. The fourth-order valence-electron chi connectivity index (χ4n) is 1.37. The SMILES string of the molecule is O=C(O)C[C@H](c1cc(F)cc(F)c1)C(F)(F)F. The van der Waals surface area contributed by atoms with Gasteiger partial charge in [0.15, 0.2) is 0 Å². The van der Waals surface area contributed by atoms with E-state index in [2.05, 4.69) is 0 Å². The van der Waals surface area contributed by atoms with E-state index in [1.165, 1.54) is 0 Å². The highest BCUT2D eigenvalue weighted by Gasteiger charge is 2.42. The van der Waals surface area contributed by atoms with Crippen LogP contribution in [0.25, 0.3) is 0 Å². The molecule has 17 heavy (non-hydrogen) atoms. The number of hydrogen-bond acceptors (Lipinski definition) is 1. The normalized spacial score (nSPS) is 13.5. The zero-order valence-corrected chi connectivity index (χ0v) is 8.26. The van der Waals surface area contributed by atoms with E-state index in [-0.39, 0.29) is 0 Å². The van der Waals surface area contributed by atoms with E-state index < -0.39 is 41.7 Å². The Morgan fingerprint density at radius 3 is 2.00 bits per heavy atom. The average Bonchev–Trinajstić information content (AvgIpc) is 2.10. The van der Waals surface area contributed by atoms with Gasteiger partial charge in [0.1, 0.15) is 11.6 Å². The molecular formula is C10H7F5O2. The molecule has 1 atom stereocenters. The highest BCUT2D eigenvalue weighted by molar-refractivity contribution is 5.68. The lowest BCUT2D eigenvalue weighted by Gasteiger charge is -2.18. The van der Waals surface area contributed by atoms with Crippen LogP contribution in [-0.2, 0) is 4.79 Å². The first kappa shape index (κ1) is 13.4. The van der Waals surface area contributed by atoms with Crippen LogP contribution in [0.2, 0.25) is 0 Å². The van der Waals surface area contributed by atoms with Crippen LogP contribution in [0.1, 0.15) is 17.9 Å². The molecule has 0 saturated carbocycles. The van der Waals surface area contributed by atoms with E-state index in [0.29, 0.717) is 18.2 Å². The number of halogens is 5. The van der Waals surface area contributed by atoms with Crippen LogP contribution < -0.4 is 0 Å². The molecule has 0 aromatic heterocycles. The van der Waals surface area contributed by atoms with Crippen LogP contribution >= 0.6 is 0 Å². The lowest BCUT2D eigenvalue weighted by atomic mass is 9.95. The van der Waals surface area contributed by atoms with E-state index >= 15 is 0 Å². The molecule has 2 nitrogen and oxygen atoms in total. The topological polar surface area (TPSA) is 37.3 Å². The first-order valence-corrected chi connectivity index (χ1v) is 4.44. The number of hydrogen-bond donors (Lipinski definition) is 1. The number of carboxylic acids is 1. The second-order valence-electron chi connectivity index (χ2n) is 3.39. The molecule has 0 unspecified atom stereocenters. The monoisotopic (exact) mass is 254 g/mol. The summed E-state index contributed by atoms with van der Waals surface area (Å²) in [6.45, 7) is 0. The molecule has 1 N–H and O–H groups in total. The zero-order chi connectivity index (χ0) is 13.2. The summed E-state index contributed by atoms with van der Waals surface area (Å²) in [6.07, 6.45) is -6.15. The number of aliphatic carboxylic acids is 1. The van der Waals surface area contributed by atoms with Crippen molar-refractivity contribution in [3.05, 3.63) is 35.4 Å². The fraction of sp³-hybridized carbons (Fsp3) is 0.300.